The quantitative estimate of drug-likeness (QED) is 0.234. The monoisotopic (exact) mass is 642 g/mol. The van der Waals surface area contributed by atoms with E-state index in [0.717, 1.165) is 38.6 Å². The number of benzene rings is 2. The minimum Gasteiger partial charge on any atom is -0.274 e. The minimum atomic E-state index is -3.99. The van der Waals surface area contributed by atoms with Crippen LogP contribution < -0.4 is 4.90 Å². The van der Waals surface area contributed by atoms with Gasteiger partial charge in [-0.1, -0.05) is 27.6 Å². The Morgan fingerprint density at radius 3 is 2.36 bits per heavy atom. The first-order chi connectivity index (χ1) is 15.8. The molecule has 1 aliphatic carbocycles. The third-order valence-electron chi connectivity index (χ3n) is 6.01. The van der Waals surface area contributed by atoms with Gasteiger partial charge in [0.15, 0.2) is 0 Å². The van der Waals surface area contributed by atoms with Gasteiger partial charge in [-0.3, -0.25) is 9.59 Å². The lowest BCUT2D eigenvalue weighted by Crippen LogP contribution is -2.46. The third kappa shape index (κ3) is 5.41. The topological polar surface area (TPSA) is 74.8 Å². The Balaban J connectivity index is 1.67. The molecule has 0 spiro atoms. The zero-order chi connectivity index (χ0) is 23.6. The molecule has 2 aromatic carbocycles. The first kappa shape index (κ1) is 24.6. The number of sulfonamides is 1. The number of carbonyl (C=O) groups excluding carboxylic acids is 2. The fourth-order valence-corrected chi connectivity index (χ4v) is 6.48. The van der Waals surface area contributed by atoms with E-state index in [2.05, 4.69) is 44.6 Å². The lowest BCUT2D eigenvalue weighted by molar-refractivity contribution is -0.122. The Bertz CT molecular complexity index is 1180. The Hall–Kier alpha value is -1.56. The van der Waals surface area contributed by atoms with Crippen molar-refractivity contribution < 1.29 is 18.0 Å². The predicted octanol–water partition coefficient (Wildman–Crippen LogP) is 5.27. The van der Waals surface area contributed by atoms with E-state index in [0.29, 0.717) is 12.1 Å². The number of hydrogen-bond donors (Lipinski definition) is 0. The summed E-state index contributed by atoms with van der Waals surface area (Å²) in [5.41, 5.74) is 1.67. The van der Waals surface area contributed by atoms with Crippen molar-refractivity contribution in [1.82, 2.24) is 4.31 Å². The van der Waals surface area contributed by atoms with Crippen LogP contribution in [0.3, 0.4) is 0 Å². The van der Waals surface area contributed by atoms with Crippen LogP contribution in [0.1, 0.15) is 38.5 Å². The van der Waals surface area contributed by atoms with Gasteiger partial charge < -0.3 is 0 Å². The smallest absolute Gasteiger partial charge is 0.252 e. The first-order valence-corrected chi connectivity index (χ1v) is 14.2. The van der Waals surface area contributed by atoms with Crippen LogP contribution in [0.2, 0.25) is 0 Å². The molecule has 33 heavy (non-hydrogen) atoms. The number of nitrogens with zero attached hydrogens (tertiary/aromatic N) is 2. The fraction of sp³-hybridized carbons (Fsp3) is 0.333. The molecule has 0 saturated carbocycles. The van der Waals surface area contributed by atoms with E-state index < -0.39 is 22.0 Å². The number of halogens is 2. The summed E-state index contributed by atoms with van der Waals surface area (Å²) in [6.45, 7) is 0.161. The maximum atomic E-state index is 13.7. The molecule has 6 nitrogen and oxygen atoms in total. The van der Waals surface area contributed by atoms with Gasteiger partial charge in [-0.05, 0) is 103 Å². The van der Waals surface area contributed by atoms with E-state index in [1.54, 1.807) is 24.3 Å². The molecule has 2 aromatic rings. The van der Waals surface area contributed by atoms with Crippen LogP contribution in [-0.4, -0.2) is 37.1 Å². The minimum absolute atomic E-state index is 0.108. The molecule has 1 aliphatic heterocycles. The molecule has 2 amide bonds. The van der Waals surface area contributed by atoms with Crippen LogP contribution in [0.4, 0.5) is 5.69 Å². The highest BCUT2D eigenvalue weighted by molar-refractivity contribution is 14.1. The maximum Gasteiger partial charge on any atom is 0.252 e. The lowest BCUT2D eigenvalue weighted by atomic mass is 9.97. The van der Waals surface area contributed by atoms with Crippen molar-refractivity contribution in [2.75, 3.05) is 11.4 Å². The highest BCUT2D eigenvalue weighted by atomic mass is 127. The second-order valence-corrected chi connectivity index (χ2v) is 12.2. The number of rotatable bonds is 7. The zero-order valence-electron chi connectivity index (χ0n) is 17.9. The number of hydrogen-bond acceptors (Lipinski definition) is 4. The standard InChI is InChI=1S/C24H24BrIN2O4S/c25-18-6-12-21(13-7-18)33(31,32)27(15-14-17-4-2-1-3-5-17)22-16-23(29)28(24(22)30)20-10-8-19(26)9-11-20/h4,6-13,22H,1-3,5,14-16H2. The van der Waals surface area contributed by atoms with E-state index >= 15 is 0 Å². The van der Waals surface area contributed by atoms with Crippen molar-refractivity contribution in [3.05, 3.63) is 68.2 Å². The average Bonchev–Trinajstić information content (AvgIpc) is 3.09. The van der Waals surface area contributed by atoms with Crippen LogP contribution >= 0.6 is 38.5 Å². The normalized spacial score (nSPS) is 19.3. The van der Waals surface area contributed by atoms with Crippen LogP contribution in [0, 0.1) is 3.57 Å². The summed E-state index contributed by atoms with van der Waals surface area (Å²) in [6.07, 6.45) is 6.73. The Labute approximate surface area is 216 Å². The largest absolute Gasteiger partial charge is 0.274 e. The molecule has 1 atom stereocenters. The molecule has 1 unspecified atom stereocenters. The summed E-state index contributed by atoms with van der Waals surface area (Å²) in [6, 6.07) is 12.3. The summed E-state index contributed by atoms with van der Waals surface area (Å²) >= 11 is 5.48. The third-order valence-corrected chi connectivity index (χ3v) is 9.18. The molecule has 0 aromatic heterocycles. The molecule has 9 heteroatoms. The van der Waals surface area contributed by atoms with E-state index in [4.69, 9.17) is 0 Å². The lowest BCUT2D eigenvalue weighted by Gasteiger charge is -2.28. The average molecular weight is 643 g/mol. The number of imide groups is 1. The van der Waals surface area contributed by atoms with E-state index in [-0.39, 0.29) is 23.8 Å². The summed E-state index contributed by atoms with van der Waals surface area (Å²) in [5.74, 6) is -0.890. The number of allylic oxidation sites excluding steroid dienone is 1. The van der Waals surface area contributed by atoms with Gasteiger partial charge in [-0.2, -0.15) is 4.31 Å². The zero-order valence-corrected chi connectivity index (χ0v) is 22.5. The van der Waals surface area contributed by atoms with Gasteiger partial charge in [0.25, 0.3) is 5.91 Å². The van der Waals surface area contributed by atoms with Gasteiger partial charge in [-0.25, -0.2) is 13.3 Å². The van der Waals surface area contributed by atoms with Gasteiger partial charge in [0.05, 0.1) is 17.0 Å². The summed E-state index contributed by atoms with van der Waals surface area (Å²) < 4.78 is 30.3. The van der Waals surface area contributed by atoms with Gasteiger partial charge in [0.1, 0.15) is 6.04 Å². The molecule has 1 saturated heterocycles. The van der Waals surface area contributed by atoms with Crippen molar-refractivity contribution >= 4 is 66.0 Å². The Morgan fingerprint density at radius 1 is 1.03 bits per heavy atom. The van der Waals surface area contributed by atoms with E-state index in [1.807, 2.05) is 12.1 Å². The summed E-state index contributed by atoms with van der Waals surface area (Å²) in [5, 5.41) is 0. The Morgan fingerprint density at radius 2 is 1.73 bits per heavy atom. The molecule has 2 aliphatic rings. The van der Waals surface area contributed by atoms with Crippen LogP contribution in [0.25, 0.3) is 0 Å². The number of anilines is 1. The summed E-state index contributed by atoms with van der Waals surface area (Å²) in [7, 11) is -3.99. The fourth-order valence-electron chi connectivity index (χ4n) is 4.27. The van der Waals surface area contributed by atoms with Crippen LogP contribution in [0.5, 0.6) is 0 Å². The molecule has 0 bridgehead atoms. The highest BCUT2D eigenvalue weighted by Crippen LogP contribution is 2.31. The molecule has 1 heterocycles. The maximum absolute atomic E-state index is 13.7. The highest BCUT2D eigenvalue weighted by Gasteiger charge is 2.46. The molecular weight excluding hydrogens is 619 g/mol. The molecule has 0 N–H and O–H groups in total. The SMILES string of the molecule is O=C1CC(N(CCC2=CCCCC2)S(=O)(=O)c2ccc(Br)cc2)C(=O)N1c1ccc(I)cc1. The van der Waals surface area contributed by atoms with Crippen molar-refractivity contribution in [2.45, 2.75) is 49.5 Å². The van der Waals surface area contributed by atoms with E-state index in [9.17, 15) is 18.0 Å². The molecule has 4 rings (SSSR count). The van der Waals surface area contributed by atoms with Gasteiger partial charge >= 0.3 is 0 Å². The van der Waals surface area contributed by atoms with Crippen LogP contribution in [-0.2, 0) is 19.6 Å². The molecule has 174 valence electrons. The van der Waals surface area contributed by atoms with Crippen LogP contribution in [0.15, 0.2) is 69.5 Å². The first-order valence-electron chi connectivity index (χ1n) is 10.8. The molecular formula is C24H24BrIN2O4S. The van der Waals surface area contributed by atoms with Crippen molar-refractivity contribution in [3.63, 3.8) is 0 Å². The second-order valence-electron chi connectivity index (χ2n) is 8.19. The van der Waals surface area contributed by atoms with Gasteiger partial charge in [-0.15, -0.1) is 0 Å². The van der Waals surface area contributed by atoms with Crippen molar-refractivity contribution in [2.24, 2.45) is 0 Å². The van der Waals surface area contributed by atoms with Crippen molar-refractivity contribution in [3.8, 4) is 0 Å². The summed E-state index contributed by atoms with van der Waals surface area (Å²) in [4.78, 5) is 27.5. The van der Waals surface area contributed by atoms with Crippen molar-refractivity contribution in [1.29, 1.82) is 0 Å². The second kappa shape index (κ2) is 10.4. The molecule has 0 radical (unpaired) electrons. The van der Waals surface area contributed by atoms with Gasteiger partial charge in [0, 0.05) is 14.6 Å². The number of carbonyl (C=O) groups is 2. The predicted molar refractivity (Wildman–Crippen MR) is 139 cm³/mol. The Kier molecular flexibility index (Phi) is 7.72. The van der Waals surface area contributed by atoms with Gasteiger partial charge in [0.2, 0.25) is 15.9 Å². The molecule has 1 fully saturated rings. The van der Waals surface area contributed by atoms with E-state index in [1.165, 1.54) is 22.0 Å². The number of amides is 2.